The minimum atomic E-state index is 0.0975. The van der Waals surface area contributed by atoms with Crippen molar-refractivity contribution in [1.82, 2.24) is 5.32 Å². The van der Waals surface area contributed by atoms with Crippen LogP contribution in [0.5, 0.6) is 0 Å². The van der Waals surface area contributed by atoms with Gasteiger partial charge in [0.15, 0.2) is 0 Å². The lowest BCUT2D eigenvalue weighted by atomic mass is 9.74. The first kappa shape index (κ1) is 11.9. The fourth-order valence-corrected chi connectivity index (χ4v) is 2.16. The van der Waals surface area contributed by atoms with Gasteiger partial charge in [-0.1, -0.05) is 50.3 Å². The Morgan fingerprint density at radius 2 is 1.94 bits per heavy atom. The summed E-state index contributed by atoms with van der Waals surface area (Å²) in [5.74, 6) is 0.0975. The van der Waals surface area contributed by atoms with Crippen LogP contribution in [-0.2, 0) is 11.2 Å². The molecule has 1 amide bonds. The summed E-state index contributed by atoms with van der Waals surface area (Å²) in [6.45, 7) is 5.00. The summed E-state index contributed by atoms with van der Waals surface area (Å²) in [6.07, 6.45) is 3.85. The second-order valence-electron chi connectivity index (χ2n) is 5.33. The Morgan fingerprint density at radius 1 is 1.29 bits per heavy atom. The molecule has 1 aromatic carbocycles. The molecule has 0 fully saturated rings. The molecule has 0 aliphatic heterocycles. The zero-order valence-corrected chi connectivity index (χ0v) is 10.5. The molecule has 1 aliphatic carbocycles. The molecular weight excluding hydrogens is 210 g/mol. The number of hydrogen-bond donors (Lipinski definition) is 1. The SMILES string of the molecule is CC1(C)C=C(C(=O)NCCc2ccccc2)C1. The zero-order valence-electron chi connectivity index (χ0n) is 10.5. The van der Waals surface area contributed by atoms with Crippen molar-refractivity contribution in [3.63, 3.8) is 0 Å². The normalized spacial score (nSPS) is 16.9. The van der Waals surface area contributed by atoms with Crippen LogP contribution in [0.4, 0.5) is 0 Å². The molecule has 0 spiro atoms. The lowest BCUT2D eigenvalue weighted by Gasteiger charge is -2.31. The third kappa shape index (κ3) is 3.19. The summed E-state index contributed by atoms with van der Waals surface area (Å²) in [5.41, 5.74) is 2.41. The fraction of sp³-hybridized carbons (Fsp3) is 0.400. The van der Waals surface area contributed by atoms with Gasteiger partial charge in [-0.05, 0) is 23.8 Å². The predicted octanol–water partition coefficient (Wildman–Crippen LogP) is 2.70. The van der Waals surface area contributed by atoms with E-state index in [1.54, 1.807) is 0 Å². The highest BCUT2D eigenvalue weighted by Crippen LogP contribution is 2.37. The molecule has 0 atom stereocenters. The van der Waals surface area contributed by atoms with Crippen LogP contribution in [0.1, 0.15) is 25.8 Å². The monoisotopic (exact) mass is 229 g/mol. The molecule has 0 saturated carbocycles. The summed E-state index contributed by atoms with van der Waals surface area (Å²) in [5, 5.41) is 2.96. The van der Waals surface area contributed by atoms with Crippen molar-refractivity contribution < 1.29 is 4.79 Å². The fourth-order valence-electron chi connectivity index (χ4n) is 2.16. The molecule has 0 aromatic heterocycles. The van der Waals surface area contributed by atoms with Crippen molar-refractivity contribution in [2.75, 3.05) is 6.54 Å². The maximum atomic E-state index is 11.7. The zero-order chi connectivity index (χ0) is 12.3. The summed E-state index contributed by atoms with van der Waals surface area (Å²) in [4.78, 5) is 11.7. The molecule has 2 rings (SSSR count). The summed E-state index contributed by atoms with van der Waals surface area (Å²) in [7, 11) is 0. The highest BCUT2D eigenvalue weighted by molar-refractivity contribution is 5.95. The van der Waals surface area contributed by atoms with Crippen LogP contribution in [0.15, 0.2) is 42.0 Å². The smallest absolute Gasteiger partial charge is 0.246 e. The van der Waals surface area contributed by atoms with Gasteiger partial charge in [0.05, 0.1) is 0 Å². The molecule has 17 heavy (non-hydrogen) atoms. The van der Waals surface area contributed by atoms with Crippen LogP contribution < -0.4 is 5.32 Å². The first-order valence-corrected chi connectivity index (χ1v) is 6.11. The van der Waals surface area contributed by atoms with E-state index in [0.29, 0.717) is 6.54 Å². The minimum absolute atomic E-state index is 0.0975. The van der Waals surface area contributed by atoms with Gasteiger partial charge in [-0.2, -0.15) is 0 Å². The summed E-state index contributed by atoms with van der Waals surface area (Å²) < 4.78 is 0. The Labute approximate surface area is 103 Å². The largest absolute Gasteiger partial charge is 0.352 e. The van der Waals surface area contributed by atoms with E-state index in [1.165, 1.54) is 5.56 Å². The number of hydrogen-bond acceptors (Lipinski definition) is 1. The van der Waals surface area contributed by atoms with Crippen LogP contribution in [0.2, 0.25) is 0 Å². The van der Waals surface area contributed by atoms with Gasteiger partial charge in [0.2, 0.25) is 5.91 Å². The number of allylic oxidation sites excluding steroid dienone is 1. The van der Waals surface area contributed by atoms with Crippen molar-refractivity contribution >= 4 is 5.91 Å². The van der Waals surface area contributed by atoms with Gasteiger partial charge >= 0.3 is 0 Å². The first-order chi connectivity index (χ1) is 8.07. The molecule has 0 radical (unpaired) electrons. The number of nitrogens with one attached hydrogen (secondary N) is 1. The predicted molar refractivity (Wildman–Crippen MR) is 69.6 cm³/mol. The number of rotatable bonds is 4. The van der Waals surface area contributed by atoms with E-state index in [-0.39, 0.29) is 11.3 Å². The standard InChI is InChI=1S/C15H19NO/c1-15(2)10-13(11-15)14(17)16-9-8-12-6-4-3-5-7-12/h3-7,10H,8-9,11H2,1-2H3,(H,16,17). The maximum absolute atomic E-state index is 11.7. The minimum Gasteiger partial charge on any atom is -0.352 e. The maximum Gasteiger partial charge on any atom is 0.246 e. The van der Waals surface area contributed by atoms with Crippen LogP contribution in [0.25, 0.3) is 0 Å². The molecule has 2 nitrogen and oxygen atoms in total. The number of carbonyl (C=O) groups is 1. The van der Waals surface area contributed by atoms with Crippen LogP contribution in [0.3, 0.4) is 0 Å². The van der Waals surface area contributed by atoms with Gasteiger partial charge in [-0.25, -0.2) is 0 Å². The lowest BCUT2D eigenvalue weighted by Crippen LogP contribution is -2.33. The topological polar surface area (TPSA) is 29.1 Å². The van der Waals surface area contributed by atoms with Crippen molar-refractivity contribution in [2.45, 2.75) is 26.7 Å². The number of benzene rings is 1. The van der Waals surface area contributed by atoms with Crippen LogP contribution >= 0.6 is 0 Å². The van der Waals surface area contributed by atoms with E-state index in [9.17, 15) is 4.79 Å². The Morgan fingerprint density at radius 3 is 2.53 bits per heavy atom. The molecule has 2 heteroatoms. The Kier molecular flexibility index (Phi) is 3.32. The molecule has 0 saturated heterocycles. The van der Waals surface area contributed by atoms with Crippen LogP contribution in [-0.4, -0.2) is 12.5 Å². The molecular formula is C15H19NO. The average molecular weight is 229 g/mol. The third-order valence-electron chi connectivity index (χ3n) is 3.04. The van der Waals surface area contributed by atoms with Gasteiger partial charge < -0.3 is 5.32 Å². The number of amides is 1. The van der Waals surface area contributed by atoms with Gasteiger partial charge in [0.25, 0.3) is 0 Å². The summed E-state index contributed by atoms with van der Waals surface area (Å²) in [6, 6.07) is 10.2. The average Bonchev–Trinajstić information content (AvgIpc) is 2.27. The third-order valence-corrected chi connectivity index (χ3v) is 3.04. The van der Waals surface area contributed by atoms with E-state index in [0.717, 1.165) is 18.4 Å². The lowest BCUT2D eigenvalue weighted by molar-refractivity contribution is -0.118. The molecule has 90 valence electrons. The van der Waals surface area contributed by atoms with E-state index < -0.39 is 0 Å². The molecule has 1 N–H and O–H groups in total. The molecule has 1 aliphatic rings. The summed E-state index contributed by atoms with van der Waals surface area (Å²) >= 11 is 0. The second kappa shape index (κ2) is 4.74. The van der Waals surface area contributed by atoms with Gasteiger partial charge in [-0.3, -0.25) is 4.79 Å². The van der Waals surface area contributed by atoms with Gasteiger partial charge in [0, 0.05) is 12.1 Å². The molecule has 0 heterocycles. The van der Waals surface area contributed by atoms with Crippen molar-refractivity contribution in [3.05, 3.63) is 47.5 Å². The van der Waals surface area contributed by atoms with Crippen molar-refractivity contribution in [3.8, 4) is 0 Å². The van der Waals surface area contributed by atoms with E-state index >= 15 is 0 Å². The van der Waals surface area contributed by atoms with E-state index in [4.69, 9.17) is 0 Å². The quantitative estimate of drug-likeness (QED) is 0.845. The molecule has 0 bridgehead atoms. The van der Waals surface area contributed by atoms with Gasteiger partial charge in [-0.15, -0.1) is 0 Å². The van der Waals surface area contributed by atoms with E-state index in [2.05, 4.69) is 37.4 Å². The first-order valence-electron chi connectivity index (χ1n) is 6.11. The van der Waals surface area contributed by atoms with Crippen LogP contribution in [0, 0.1) is 5.41 Å². The molecule has 0 unspecified atom stereocenters. The Bertz CT molecular complexity index is 431. The second-order valence-corrected chi connectivity index (χ2v) is 5.33. The Hall–Kier alpha value is -1.57. The highest BCUT2D eigenvalue weighted by Gasteiger charge is 2.30. The van der Waals surface area contributed by atoms with Crippen molar-refractivity contribution in [2.24, 2.45) is 5.41 Å². The van der Waals surface area contributed by atoms with E-state index in [1.807, 2.05) is 18.2 Å². The Balaban J connectivity index is 1.75. The van der Waals surface area contributed by atoms with Gasteiger partial charge in [0.1, 0.15) is 0 Å². The molecule has 1 aromatic rings. The highest BCUT2D eigenvalue weighted by atomic mass is 16.1. The van der Waals surface area contributed by atoms with Crippen molar-refractivity contribution in [1.29, 1.82) is 0 Å². The number of carbonyl (C=O) groups excluding carboxylic acids is 1.